The Balaban J connectivity index is 2.35. The summed E-state index contributed by atoms with van der Waals surface area (Å²) in [7, 11) is -1.22. The van der Waals surface area contributed by atoms with Gasteiger partial charge in [-0.2, -0.15) is 0 Å². The Morgan fingerprint density at radius 2 is 1.57 bits per heavy atom. The maximum atomic E-state index is 11.7. The maximum Gasteiger partial charge on any atom is 0.346 e. The molecule has 210 valence electrons. The highest BCUT2D eigenvalue weighted by Gasteiger charge is 2.38. The minimum atomic E-state index is -1.22. The Labute approximate surface area is 232 Å². The van der Waals surface area contributed by atoms with Crippen molar-refractivity contribution in [2.45, 2.75) is 118 Å². The van der Waals surface area contributed by atoms with Crippen molar-refractivity contribution in [1.29, 1.82) is 0 Å². The van der Waals surface area contributed by atoms with E-state index < -0.39 is 16.3 Å². The molecule has 0 amide bonds. The molecule has 1 aromatic heterocycles. The zero-order valence-corrected chi connectivity index (χ0v) is 27.1. The minimum absolute atomic E-state index is 0.0698. The molecule has 1 heterocycles. The van der Waals surface area contributed by atoms with Crippen LogP contribution < -0.4 is 0 Å². The van der Waals surface area contributed by atoms with Crippen molar-refractivity contribution < 1.29 is 14.1 Å². The molecule has 0 spiro atoms. The number of rotatable bonds is 12. The van der Waals surface area contributed by atoms with Gasteiger partial charge in [0.25, 0.3) is 0 Å². The summed E-state index contributed by atoms with van der Waals surface area (Å²) >= 11 is 1.44. The fourth-order valence-corrected chi connectivity index (χ4v) is 8.32. The molecule has 0 saturated heterocycles. The van der Waals surface area contributed by atoms with E-state index in [1.54, 1.807) is 0 Å². The van der Waals surface area contributed by atoms with Gasteiger partial charge in [-0.05, 0) is 92.2 Å². The molecular weight excluding hydrogens is 496 g/mol. The first-order valence-electron chi connectivity index (χ1n) is 13.8. The predicted molar refractivity (Wildman–Crippen MR) is 165 cm³/mol. The number of carbonyl (C=O) groups is 1. The van der Waals surface area contributed by atoms with Gasteiger partial charge in [0.15, 0.2) is 0 Å². The van der Waals surface area contributed by atoms with Gasteiger partial charge in [0.1, 0.15) is 4.88 Å². The van der Waals surface area contributed by atoms with Crippen LogP contribution in [0.4, 0.5) is 0 Å². The molecule has 1 N–H and O–H groups in total. The van der Waals surface area contributed by atoms with Gasteiger partial charge in [0.2, 0.25) is 0 Å². The molecule has 1 aromatic carbocycles. The quantitative estimate of drug-likeness (QED) is 0.287. The summed E-state index contributed by atoms with van der Waals surface area (Å²) in [6.07, 6.45) is 9.82. The first kappa shape index (κ1) is 31.9. The Bertz CT molecular complexity index is 1070. The van der Waals surface area contributed by atoms with Crippen LogP contribution in [-0.2, 0) is 16.0 Å². The summed E-state index contributed by atoms with van der Waals surface area (Å²) in [6, 6.07) is 9.03. The van der Waals surface area contributed by atoms with E-state index in [1.165, 1.54) is 28.0 Å². The second-order valence-corrected chi connectivity index (χ2v) is 17.5. The molecule has 37 heavy (non-hydrogen) atoms. The smallest absolute Gasteiger partial charge is 0.346 e. The Morgan fingerprint density at radius 3 is 2.00 bits per heavy atom. The fraction of sp³-hybridized carbons (Fsp3) is 0.656. The number of carboxylic acids is 1. The number of hydrogen-bond donors (Lipinski definition) is 1. The molecule has 2 rings (SSSR count). The van der Waals surface area contributed by atoms with E-state index in [4.69, 9.17) is 4.18 Å². The molecule has 0 bridgehead atoms. The average molecular weight is 549 g/mol. The lowest BCUT2D eigenvalue weighted by Gasteiger charge is -2.50. The van der Waals surface area contributed by atoms with Crippen molar-refractivity contribution >= 4 is 27.6 Å². The number of aromatic carboxylic acids is 1. The third-order valence-electron chi connectivity index (χ3n) is 8.87. The Hall–Kier alpha value is -1.30. The molecule has 0 radical (unpaired) electrons. The van der Waals surface area contributed by atoms with Gasteiger partial charge in [-0.1, -0.05) is 73.6 Å². The summed E-state index contributed by atoms with van der Waals surface area (Å²) < 4.78 is 7.14. The summed E-state index contributed by atoms with van der Waals surface area (Å²) in [5.41, 5.74) is 4.73. The molecule has 1 atom stereocenters. The molecule has 2 aromatic rings. The zero-order chi connectivity index (χ0) is 28.4. The van der Waals surface area contributed by atoms with Gasteiger partial charge in [-0.15, -0.1) is 21.6 Å². The lowest BCUT2D eigenvalue weighted by atomic mass is 9.73. The second-order valence-electron chi connectivity index (χ2n) is 12.7. The van der Waals surface area contributed by atoms with Crippen LogP contribution in [0.5, 0.6) is 0 Å². The van der Waals surface area contributed by atoms with E-state index in [0.29, 0.717) is 4.88 Å². The van der Waals surface area contributed by atoms with Gasteiger partial charge < -0.3 is 9.29 Å². The summed E-state index contributed by atoms with van der Waals surface area (Å²) in [5, 5.41) is 9.63. The van der Waals surface area contributed by atoms with Gasteiger partial charge in [0, 0.05) is 15.0 Å². The van der Waals surface area contributed by atoms with Crippen LogP contribution in [0.3, 0.4) is 0 Å². The SMILES string of the molecule is CCC(CC)(c1ccc(CCC(OS(C)(C)C(C)(C)CC)C(C)(C)C)c(C)c1)c1cc(C)c(C(=O)O)s1. The summed E-state index contributed by atoms with van der Waals surface area (Å²) in [5.74, 6) is -0.829. The summed E-state index contributed by atoms with van der Waals surface area (Å²) in [6.45, 7) is 22.4. The van der Waals surface area contributed by atoms with Crippen molar-refractivity contribution in [3.63, 3.8) is 0 Å². The third kappa shape index (κ3) is 6.83. The highest BCUT2D eigenvalue weighted by molar-refractivity contribution is 8.29. The van der Waals surface area contributed by atoms with Crippen molar-refractivity contribution in [3.8, 4) is 0 Å². The standard InChI is InChI=1S/C32H52O3S2/c1-13-31(9,10)37(11,12)35-26(30(6,7)8)19-17-24-16-18-25(20-22(24)4)32(14-2,15-3)27-21-23(5)28(36-27)29(33)34/h16,18,20-21,26H,13-15,17,19H2,1-12H3,(H,33,34). The van der Waals surface area contributed by atoms with E-state index in [1.807, 2.05) is 6.92 Å². The lowest BCUT2D eigenvalue weighted by Crippen LogP contribution is -2.36. The number of benzene rings is 1. The first-order valence-corrected chi connectivity index (χ1v) is 17.0. The van der Waals surface area contributed by atoms with Crippen molar-refractivity contribution in [2.24, 2.45) is 5.41 Å². The van der Waals surface area contributed by atoms with Gasteiger partial charge in [-0.25, -0.2) is 4.79 Å². The maximum absolute atomic E-state index is 11.7. The van der Waals surface area contributed by atoms with Crippen LogP contribution in [0.1, 0.15) is 118 Å². The largest absolute Gasteiger partial charge is 0.477 e. The monoisotopic (exact) mass is 548 g/mol. The lowest BCUT2D eigenvalue weighted by molar-refractivity contribution is 0.0701. The van der Waals surface area contributed by atoms with Crippen molar-refractivity contribution in [3.05, 3.63) is 56.3 Å². The highest BCUT2D eigenvalue weighted by atomic mass is 32.3. The second kappa shape index (κ2) is 11.8. The molecule has 0 fully saturated rings. The predicted octanol–water partition coefficient (Wildman–Crippen LogP) is 9.70. The van der Waals surface area contributed by atoms with Gasteiger partial charge in [-0.3, -0.25) is 0 Å². The van der Waals surface area contributed by atoms with E-state index in [-0.39, 0.29) is 21.7 Å². The van der Waals surface area contributed by atoms with E-state index >= 15 is 0 Å². The number of carboxylic acid groups (broad SMARTS) is 1. The highest BCUT2D eigenvalue weighted by Crippen LogP contribution is 2.58. The average Bonchev–Trinajstić information content (AvgIpc) is 3.20. The van der Waals surface area contributed by atoms with Gasteiger partial charge >= 0.3 is 5.97 Å². The fourth-order valence-electron chi connectivity index (χ4n) is 5.03. The van der Waals surface area contributed by atoms with Gasteiger partial charge in [0.05, 0.1) is 6.10 Å². The topological polar surface area (TPSA) is 46.5 Å². The van der Waals surface area contributed by atoms with Crippen LogP contribution in [0.2, 0.25) is 0 Å². The van der Waals surface area contributed by atoms with E-state index in [0.717, 1.165) is 42.5 Å². The Morgan fingerprint density at radius 1 is 0.973 bits per heavy atom. The van der Waals surface area contributed by atoms with E-state index in [9.17, 15) is 9.90 Å². The number of hydrogen-bond acceptors (Lipinski definition) is 3. The van der Waals surface area contributed by atoms with Crippen LogP contribution in [0.25, 0.3) is 0 Å². The van der Waals surface area contributed by atoms with E-state index in [2.05, 4.69) is 99.1 Å². The minimum Gasteiger partial charge on any atom is -0.477 e. The van der Waals surface area contributed by atoms with Crippen LogP contribution in [0.15, 0.2) is 24.3 Å². The van der Waals surface area contributed by atoms with Crippen LogP contribution in [-0.4, -0.2) is 34.4 Å². The zero-order valence-electron chi connectivity index (χ0n) is 25.5. The van der Waals surface area contributed by atoms with Crippen molar-refractivity contribution in [2.75, 3.05) is 12.5 Å². The van der Waals surface area contributed by atoms with Crippen molar-refractivity contribution in [1.82, 2.24) is 0 Å². The molecule has 5 heteroatoms. The molecule has 0 aliphatic rings. The molecule has 0 aliphatic heterocycles. The molecule has 3 nitrogen and oxygen atoms in total. The Kier molecular flexibility index (Phi) is 10.2. The third-order valence-corrected chi connectivity index (χ3v) is 14.0. The molecular formula is C32H52O3S2. The molecule has 0 aliphatic carbocycles. The number of thiophene rings is 1. The number of aryl methyl sites for hydroxylation is 3. The summed E-state index contributed by atoms with van der Waals surface area (Å²) in [4.78, 5) is 13.3. The molecule has 1 unspecified atom stereocenters. The normalized spacial score (nSPS) is 14.6. The van der Waals surface area contributed by atoms with Crippen LogP contribution >= 0.6 is 21.6 Å². The molecule has 0 saturated carbocycles. The van der Waals surface area contributed by atoms with Crippen LogP contribution in [0, 0.1) is 19.3 Å². The first-order chi connectivity index (χ1) is 17.0.